The number of hydrogen-bond acceptors (Lipinski definition) is 1. The van der Waals surface area contributed by atoms with Gasteiger partial charge in [0.1, 0.15) is 5.82 Å². The van der Waals surface area contributed by atoms with Crippen LogP contribution in [0, 0.1) is 5.82 Å². The number of para-hydroxylation sites is 1. The summed E-state index contributed by atoms with van der Waals surface area (Å²) in [7, 11) is 0. The van der Waals surface area contributed by atoms with Gasteiger partial charge in [0.15, 0.2) is 0 Å². The Morgan fingerprint density at radius 1 is 0.788 bits per heavy atom. The molecule has 0 radical (unpaired) electrons. The van der Waals surface area contributed by atoms with Crippen LogP contribution in [-0.2, 0) is 6.54 Å². The predicted molar refractivity (Wildman–Crippen MR) is 128 cm³/mol. The molecule has 0 bridgehead atoms. The molecule has 1 aliphatic rings. The Kier molecular flexibility index (Phi) is 4.58. The molecule has 0 saturated carbocycles. The van der Waals surface area contributed by atoms with Crippen molar-refractivity contribution in [1.29, 1.82) is 0 Å². The largest absolute Gasteiger partial charge is 0.354 e. The molecule has 6 rings (SSSR count). The van der Waals surface area contributed by atoms with Crippen LogP contribution >= 0.6 is 0 Å². The molecule has 5 aromatic rings. The van der Waals surface area contributed by atoms with Gasteiger partial charge in [0.25, 0.3) is 5.91 Å². The Labute approximate surface area is 191 Å². The van der Waals surface area contributed by atoms with E-state index >= 15 is 0 Å². The maximum atomic E-state index is 13.6. The molecule has 1 aromatic heterocycles. The van der Waals surface area contributed by atoms with Gasteiger partial charge in [-0.15, -0.1) is 0 Å². The normalized spacial score (nSPS) is 15.2. The number of carbonyl (C=O) groups excluding carboxylic acids is 1. The SMILES string of the molecule is O=C1c2ccccc2[C@@H](c2c(-c3ccccc3)[nH]c3ccccc23)N1Cc1ccc(F)cc1. The molecule has 33 heavy (non-hydrogen) atoms. The van der Waals surface area contributed by atoms with E-state index in [0.717, 1.165) is 38.9 Å². The second-order valence-electron chi connectivity index (χ2n) is 8.37. The molecular formula is C29H21FN2O. The highest BCUT2D eigenvalue weighted by Crippen LogP contribution is 2.45. The van der Waals surface area contributed by atoms with E-state index in [1.54, 1.807) is 12.1 Å². The molecule has 4 aromatic carbocycles. The molecule has 0 aliphatic carbocycles. The molecule has 1 amide bonds. The first-order valence-corrected chi connectivity index (χ1v) is 11.0. The molecule has 2 heterocycles. The summed E-state index contributed by atoms with van der Waals surface area (Å²) in [4.78, 5) is 19.1. The quantitative estimate of drug-likeness (QED) is 0.336. The Hall–Kier alpha value is -4.18. The fourth-order valence-corrected chi connectivity index (χ4v) is 4.91. The van der Waals surface area contributed by atoms with Crippen molar-refractivity contribution < 1.29 is 9.18 Å². The van der Waals surface area contributed by atoms with Crippen molar-refractivity contribution >= 4 is 16.8 Å². The number of fused-ring (bicyclic) bond motifs is 2. The number of hydrogen-bond donors (Lipinski definition) is 1. The van der Waals surface area contributed by atoms with E-state index in [-0.39, 0.29) is 17.8 Å². The van der Waals surface area contributed by atoms with Gasteiger partial charge >= 0.3 is 0 Å². The summed E-state index contributed by atoms with van der Waals surface area (Å²) in [5, 5.41) is 1.09. The zero-order valence-electron chi connectivity index (χ0n) is 17.8. The lowest BCUT2D eigenvalue weighted by Gasteiger charge is -2.27. The maximum absolute atomic E-state index is 13.6. The van der Waals surface area contributed by atoms with Crippen LogP contribution < -0.4 is 0 Å². The number of nitrogens with zero attached hydrogens (tertiary/aromatic N) is 1. The average Bonchev–Trinajstić information content (AvgIpc) is 3.36. The number of carbonyl (C=O) groups is 1. The van der Waals surface area contributed by atoms with E-state index in [4.69, 9.17) is 0 Å². The van der Waals surface area contributed by atoms with Crippen molar-refractivity contribution in [1.82, 2.24) is 9.88 Å². The number of amides is 1. The fraction of sp³-hybridized carbons (Fsp3) is 0.0690. The summed E-state index contributed by atoms with van der Waals surface area (Å²) in [6.45, 7) is 0.395. The van der Waals surface area contributed by atoms with Crippen molar-refractivity contribution in [3.05, 3.63) is 131 Å². The topological polar surface area (TPSA) is 36.1 Å². The molecule has 160 valence electrons. The summed E-state index contributed by atoms with van der Waals surface area (Å²) >= 11 is 0. The molecule has 3 nitrogen and oxygen atoms in total. The van der Waals surface area contributed by atoms with Gasteiger partial charge in [-0.2, -0.15) is 0 Å². The van der Waals surface area contributed by atoms with Crippen molar-refractivity contribution in [2.75, 3.05) is 0 Å². The second-order valence-corrected chi connectivity index (χ2v) is 8.37. The number of halogens is 1. The maximum Gasteiger partial charge on any atom is 0.255 e. The van der Waals surface area contributed by atoms with Gasteiger partial charge in [0, 0.05) is 28.6 Å². The number of nitrogens with one attached hydrogen (secondary N) is 1. The van der Waals surface area contributed by atoms with Gasteiger partial charge in [-0.05, 0) is 41.0 Å². The van der Waals surface area contributed by atoms with E-state index in [2.05, 4.69) is 29.2 Å². The first-order valence-electron chi connectivity index (χ1n) is 11.0. The van der Waals surface area contributed by atoms with Crippen LogP contribution in [0.1, 0.15) is 33.1 Å². The Morgan fingerprint density at radius 3 is 2.30 bits per heavy atom. The Bertz CT molecular complexity index is 1470. The van der Waals surface area contributed by atoms with Gasteiger partial charge in [0.2, 0.25) is 0 Å². The average molecular weight is 432 g/mol. The highest BCUT2D eigenvalue weighted by atomic mass is 19.1. The van der Waals surface area contributed by atoms with E-state index in [1.165, 1.54) is 12.1 Å². The second kappa shape index (κ2) is 7.75. The smallest absolute Gasteiger partial charge is 0.255 e. The van der Waals surface area contributed by atoms with Gasteiger partial charge < -0.3 is 9.88 Å². The van der Waals surface area contributed by atoms with Gasteiger partial charge in [-0.1, -0.05) is 78.9 Å². The van der Waals surface area contributed by atoms with Crippen LogP contribution in [-0.4, -0.2) is 15.8 Å². The van der Waals surface area contributed by atoms with Crippen molar-refractivity contribution in [2.24, 2.45) is 0 Å². The molecular weight excluding hydrogens is 411 g/mol. The number of H-pyrrole nitrogens is 1. The van der Waals surface area contributed by atoms with Crippen LogP contribution in [0.4, 0.5) is 4.39 Å². The van der Waals surface area contributed by atoms with Crippen LogP contribution in [0.2, 0.25) is 0 Å². The minimum atomic E-state index is -0.283. The molecule has 1 aliphatic heterocycles. The summed E-state index contributed by atoms with van der Waals surface area (Å²) in [5.41, 5.74) is 6.80. The third-order valence-corrected chi connectivity index (χ3v) is 6.41. The lowest BCUT2D eigenvalue weighted by atomic mass is 9.93. The minimum Gasteiger partial charge on any atom is -0.354 e. The minimum absolute atomic E-state index is 0.00998. The van der Waals surface area contributed by atoms with Crippen molar-refractivity contribution in [3.8, 4) is 11.3 Å². The van der Waals surface area contributed by atoms with Crippen molar-refractivity contribution in [3.63, 3.8) is 0 Å². The fourth-order valence-electron chi connectivity index (χ4n) is 4.91. The molecule has 0 unspecified atom stereocenters. The van der Waals surface area contributed by atoms with E-state index in [1.807, 2.05) is 59.5 Å². The molecule has 1 atom stereocenters. The molecule has 4 heteroatoms. The third kappa shape index (κ3) is 3.23. The molecule has 0 fully saturated rings. The first kappa shape index (κ1) is 19.5. The zero-order chi connectivity index (χ0) is 22.4. The third-order valence-electron chi connectivity index (χ3n) is 6.41. The standard InChI is InChI=1S/C29H21FN2O/c30-21-16-14-19(15-17-21)18-32-28(22-10-4-5-11-23(22)29(32)33)26-24-12-6-7-13-25(24)31-27(26)20-8-2-1-3-9-20/h1-17,28,31H,18H2/t28-/m0/s1. The van der Waals surface area contributed by atoms with Crippen LogP contribution in [0.3, 0.4) is 0 Å². The van der Waals surface area contributed by atoms with E-state index in [0.29, 0.717) is 12.1 Å². The van der Waals surface area contributed by atoms with Crippen LogP contribution in [0.15, 0.2) is 103 Å². The van der Waals surface area contributed by atoms with Gasteiger partial charge in [-0.3, -0.25) is 4.79 Å². The van der Waals surface area contributed by atoms with Gasteiger partial charge in [0.05, 0.1) is 11.7 Å². The lowest BCUT2D eigenvalue weighted by molar-refractivity contribution is 0.0737. The molecule has 1 N–H and O–H groups in total. The lowest BCUT2D eigenvalue weighted by Crippen LogP contribution is -2.28. The monoisotopic (exact) mass is 432 g/mol. The highest BCUT2D eigenvalue weighted by molar-refractivity contribution is 6.02. The van der Waals surface area contributed by atoms with Crippen LogP contribution in [0.25, 0.3) is 22.2 Å². The summed E-state index contributed by atoms with van der Waals surface area (Å²) in [6, 6.07) is 32.4. The molecule has 0 spiro atoms. The van der Waals surface area contributed by atoms with Gasteiger partial charge in [-0.25, -0.2) is 4.39 Å². The summed E-state index contributed by atoms with van der Waals surface area (Å²) in [5.74, 6) is -0.293. The Morgan fingerprint density at radius 2 is 1.48 bits per heavy atom. The molecule has 0 saturated heterocycles. The zero-order valence-corrected chi connectivity index (χ0v) is 17.8. The first-order chi connectivity index (χ1) is 16.2. The van der Waals surface area contributed by atoms with E-state index < -0.39 is 0 Å². The highest BCUT2D eigenvalue weighted by Gasteiger charge is 2.40. The summed E-state index contributed by atoms with van der Waals surface area (Å²) < 4.78 is 13.5. The number of aromatic nitrogens is 1. The Balaban J connectivity index is 1.58. The number of aromatic amines is 1. The summed E-state index contributed by atoms with van der Waals surface area (Å²) in [6.07, 6.45) is 0. The van der Waals surface area contributed by atoms with Crippen molar-refractivity contribution in [2.45, 2.75) is 12.6 Å². The van der Waals surface area contributed by atoms with Crippen LogP contribution in [0.5, 0.6) is 0 Å². The number of benzene rings is 4. The van der Waals surface area contributed by atoms with E-state index in [9.17, 15) is 9.18 Å². The predicted octanol–water partition coefficient (Wildman–Crippen LogP) is 6.72. The number of rotatable bonds is 4.